The lowest BCUT2D eigenvalue weighted by molar-refractivity contribution is 0.670. The Kier molecular flexibility index (Phi) is 6.22. The van der Waals surface area contributed by atoms with Crippen molar-refractivity contribution >= 4 is 65.4 Å². The molecule has 0 aliphatic carbocycles. The molecule has 0 saturated heterocycles. The molecule has 3 heterocycles. The Balaban J connectivity index is 1.00. The highest BCUT2D eigenvalue weighted by atomic mass is 16.3. The molecule has 0 radical (unpaired) electrons. The van der Waals surface area contributed by atoms with Gasteiger partial charge in [0.05, 0.1) is 22.2 Å². The van der Waals surface area contributed by atoms with Crippen molar-refractivity contribution in [3.05, 3.63) is 176 Å². The predicted molar refractivity (Wildman–Crippen MR) is 215 cm³/mol. The lowest BCUT2D eigenvalue weighted by atomic mass is 9.99. The molecular formula is C48H29N3O. The van der Waals surface area contributed by atoms with Crippen LogP contribution in [0.15, 0.2) is 180 Å². The summed E-state index contributed by atoms with van der Waals surface area (Å²) in [5, 5.41) is 8.32. The zero-order valence-electron chi connectivity index (χ0n) is 28.0. The van der Waals surface area contributed by atoms with E-state index in [9.17, 15) is 0 Å². The fourth-order valence-electron chi connectivity index (χ4n) is 7.98. The third-order valence-electron chi connectivity index (χ3n) is 10.4. The highest BCUT2D eigenvalue weighted by Gasteiger charge is 2.17. The van der Waals surface area contributed by atoms with Crippen LogP contribution in [0.2, 0.25) is 0 Å². The molecule has 11 aromatic rings. The molecule has 0 spiro atoms. The van der Waals surface area contributed by atoms with Gasteiger partial charge < -0.3 is 8.98 Å². The van der Waals surface area contributed by atoms with Gasteiger partial charge in [0.1, 0.15) is 11.2 Å². The summed E-state index contributed by atoms with van der Waals surface area (Å²) in [7, 11) is 0. The van der Waals surface area contributed by atoms with E-state index in [1.165, 1.54) is 32.6 Å². The van der Waals surface area contributed by atoms with Gasteiger partial charge in [-0.3, -0.25) is 0 Å². The SMILES string of the molecule is c1ccc2c(c1)ccc1c2c2ccccc2n1-c1ccc(-c2nc(-c3ccc(-c4cccc5c4oc4ccccc45)cc3)c3ccccc3n2)cc1. The summed E-state index contributed by atoms with van der Waals surface area (Å²) < 4.78 is 8.71. The van der Waals surface area contributed by atoms with Crippen LogP contribution in [0, 0.1) is 0 Å². The lowest BCUT2D eigenvalue weighted by Crippen LogP contribution is -1.97. The maximum absolute atomic E-state index is 6.34. The average molecular weight is 664 g/mol. The summed E-state index contributed by atoms with van der Waals surface area (Å²) >= 11 is 0. The lowest BCUT2D eigenvalue weighted by Gasteiger charge is -2.12. The zero-order chi connectivity index (χ0) is 34.2. The first-order valence-corrected chi connectivity index (χ1v) is 17.6. The van der Waals surface area contributed by atoms with Crippen LogP contribution in [0.25, 0.3) is 105 Å². The Morgan fingerprint density at radius 2 is 1.10 bits per heavy atom. The highest BCUT2D eigenvalue weighted by Crippen LogP contribution is 2.39. The molecule has 0 aliphatic heterocycles. The molecule has 0 aliphatic rings. The molecule has 52 heavy (non-hydrogen) atoms. The Hall–Kier alpha value is -7.04. The molecule has 0 unspecified atom stereocenters. The Bertz CT molecular complexity index is 3170. The summed E-state index contributed by atoms with van der Waals surface area (Å²) in [5.41, 5.74) is 11.3. The van der Waals surface area contributed by atoms with Gasteiger partial charge in [0.15, 0.2) is 5.82 Å². The second-order valence-corrected chi connectivity index (χ2v) is 13.4. The van der Waals surface area contributed by atoms with Crippen molar-refractivity contribution in [2.45, 2.75) is 0 Å². The highest BCUT2D eigenvalue weighted by molar-refractivity contribution is 6.21. The molecule has 4 heteroatoms. The quantitative estimate of drug-likeness (QED) is 0.188. The van der Waals surface area contributed by atoms with Gasteiger partial charge in [0.25, 0.3) is 0 Å². The minimum Gasteiger partial charge on any atom is -0.455 e. The number of aromatic nitrogens is 3. The molecule has 11 rings (SSSR count). The number of fused-ring (bicyclic) bond motifs is 9. The van der Waals surface area contributed by atoms with E-state index in [1.807, 2.05) is 18.2 Å². The minimum absolute atomic E-state index is 0.699. The summed E-state index contributed by atoms with van der Waals surface area (Å²) in [5.74, 6) is 0.699. The van der Waals surface area contributed by atoms with E-state index in [1.54, 1.807) is 0 Å². The third kappa shape index (κ3) is 4.34. The van der Waals surface area contributed by atoms with E-state index in [4.69, 9.17) is 14.4 Å². The molecule has 0 atom stereocenters. The van der Waals surface area contributed by atoms with Gasteiger partial charge in [0.2, 0.25) is 0 Å². The summed E-state index contributed by atoms with van der Waals surface area (Å²) in [4.78, 5) is 10.3. The molecule has 4 nitrogen and oxygen atoms in total. The molecule has 0 N–H and O–H groups in total. The number of para-hydroxylation sites is 4. The van der Waals surface area contributed by atoms with E-state index in [2.05, 4.69) is 162 Å². The fraction of sp³-hybridized carbons (Fsp3) is 0. The first-order valence-electron chi connectivity index (χ1n) is 17.6. The van der Waals surface area contributed by atoms with Crippen molar-refractivity contribution in [3.8, 4) is 39.5 Å². The van der Waals surface area contributed by atoms with Crippen LogP contribution in [0.5, 0.6) is 0 Å². The van der Waals surface area contributed by atoms with E-state index in [0.29, 0.717) is 5.82 Å². The molecule has 0 bridgehead atoms. The first-order chi connectivity index (χ1) is 25.8. The second-order valence-electron chi connectivity index (χ2n) is 13.4. The number of rotatable bonds is 4. The molecule has 0 fully saturated rings. The predicted octanol–water partition coefficient (Wildman–Crippen LogP) is 12.8. The largest absolute Gasteiger partial charge is 0.455 e. The van der Waals surface area contributed by atoms with Crippen LogP contribution in [-0.2, 0) is 0 Å². The van der Waals surface area contributed by atoms with Crippen LogP contribution < -0.4 is 0 Å². The second kappa shape index (κ2) is 11.2. The Morgan fingerprint density at radius 3 is 1.96 bits per heavy atom. The van der Waals surface area contributed by atoms with Gasteiger partial charge in [-0.15, -0.1) is 0 Å². The number of nitrogens with zero attached hydrogens (tertiary/aromatic N) is 3. The van der Waals surface area contributed by atoms with Gasteiger partial charge in [-0.05, 0) is 64.9 Å². The number of hydrogen-bond donors (Lipinski definition) is 0. The van der Waals surface area contributed by atoms with E-state index in [0.717, 1.165) is 66.5 Å². The number of hydrogen-bond acceptors (Lipinski definition) is 3. The summed E-state index contributed by atoms with van der Waals surface area (Å²) in [6.45, 7) is 0. The van der Waals surface area contributed by atoms with Crippen LogP contribution in [-0.4, -0.2) is 14.5 Å². The molecule has 242 valence electrons. The summed E-state index contributed by atoms with van der Waals surface area (Å²) in [6, 6.07) is 61.9. The van der Waals surface area contributed by atoms with Crippen molar-refractivity contribution in [2.24, 2.45) is 0 Å². The fourth-order valence-corrected chi connectivity index (χ4v) is 7.98. The van der Waals surface area contributed by atoms with Crippen molar-refractivity contribution in [1.82, 2.24) is 14.5 Å². The molecule has 0 saturated carbocycles. The van der Waals surface area contributed by atoms with E-state index >= 15 is 0 Å². The topological polar surface area (TPSA) is 43.9 Å². The Morgan fingerprint density at radius 1 is 0.423 bits per heavy atom. The van der Waals surface area contributed by atoms with Crippen molar-refractivity contribution in [1.29, 1.82) is 0 Å². The van der Waals surface area contributed by atoms with Crippen molar-refractivity contribution in [3.63, 3.8) is 0 Å². The summed E-state index contributed by atoms with van der Waals surface area (Å²) in [6.07, 6.45) is 0. The van der Waals surface area contributed by atoms with Gasteiger partial charge in [0, 0.05) is 49.3 Å². The van der Waals surface area contributed by atoms with Crippen LogP contribution in [0.4, 0.5) is 0 Å². The normalized spacial score (nSPS) is 11.8. The van der Waals surface area contributed by atoms with Gasteiger partial charge in [-0.25, -0.2) is 9.97 Å². The van der Waals surface area contributed by atoms with Crippen LogP contribution in [0.1, 0.15) is 0 Å². The van der Waals surface area contributed by atoms with E-state index < -0.39 is 0 Å². The third-order valence-corrected chi connectivity index (χ3v) is 10.4. The van der Waals surface area contributed by atoms with E-state index in [-0.39, 0.29) is 0 Å². The maximum atomic E-state index is 6.34. The Labute approximate surface area is 298 Å². The first kappa shape index (κ1) is 28.8. The molecule has 8 aromatic carbocycles. The standard InChI is InChI=1S/C48H29N3O/c1-2-11-35-30(10-1)26-29-43-45(35)40-14-4-7-18-42(40)51(43)34-27-24-33(25-28-34)48-49-41-17-6-3-13-39(41)46(50-48)32-22-20-31(21-23-32)36-15-9-16-38-37-12-5-8-19-44(37)52-47(36)38/h1-29H. The zero-order valence-corrected chi connectivity index (χ0v) is 28.0. The molecule has 0 amide bonds. The monoisotopic (exact) mass is 663 g/mol. The molecule has 3 aromatic heterocycles. The smallest absolute Gasteiger partial charge is 0.160 e. The van der Waals surface area contributed by atoms with Crippen LogP contribution >= 0.6 is 0 Å². The molecular weight excluding hydrogens is 635 g/mol. The number of furan rings is 1. The van der Waals surface area contributed by atoms with Crippen molar-refractivity contribution < 1.29 is 4.42 Å². The van der Waals surface area contributed by atoms with Gasteiger partial charge in [-0.2, -0.15) is 0 Å². The van der Waals surface area contributed by atoms with Crippen molar-refractivity contribution in [2.75, 3.05) is 0 Å². The van der Waals surface area contributed by atoms with Gasteiger partial charge >= 0.3 is 0 Å². The maximum Gasteiger partial charge on any atom is 0.160 e. The average Bonchev–Trinajstić information content (AvgIpc) is 3.77. The number of benzene rings is 8. The minimum atomic E-state index is 0.699. The van der Waals surface area contributed by atoms with Crippen LogP contribution in [0.3, 0.4) is 0 Å². The van der Waals surface area contributed by atoms with Gasteiger partial charge in [-0.1, -0.05) is 127 Å².